The molecule has 0 aromatic carbocycles. The molecule has 2 aliphatic heterocycles. The van der Waals surface area contributed by atoms with E-state index in [1.54, 1.807) is 0 Å². The number of rotatable bonds is 5. The van der Waals surface area contributed by atoms with Crippen molar-refractivity contribution in [2.45, 2.75) is 51.1 Å². The zero-order valence-corrected chi connectivity index (χ0v) is 12.0. The lowest BCUT2D eigenvalue weighted by Crippen LogP contribution is -2.40. The molecule has 4 nitrogen and oxygen atoms in total. The standard InChI is InChI=1S/C15H27N3O/c1-11-9-18(13-3-4-13)10-14(11)17-15(19)5-2-12-6-7-16-8-12/h11-14,16H,2-10H2,1H3,(H,17,19). The molecule has 0 radical (unpaired) electrons. The van der Waals surface area contributed by atoms with Gasteiger partial charge in [0.15, 0.2) is 0 Å². The summed E-state index contributed by atoms with van der Waals surface area (Å²) in [4.78, 5) is 14.6. The third-order valence-electron chi connectivity index (χ3n) is 4.99. The van der Waals surface area contributed by atoms with Crippen molar-refractivity contribution in [3.8, 4) is 0 Å². The van der Waals surface area contributed by atoms with Gasteiger partial charge >= 0.3 is 0 Å². The fraction of sp³-hybridized carbons (Fsp3) is 0.933. The Kier molecular flexibility index (Phi) is 4.08. The van der Waals surface area contributed by atoms with Gasteiger partial charge in [0.2, 0.25) is 5.91 Å². The molecule has 1 amide bonds. The van der Waals surface area contributed by atoms with Gasteiger partial charge in [-0.3, -0.25) is 9.69 Å². The predicted molar refractivity (Wildman–Crippen MR) is 75.9 cm³/mol. The molecule has 0 bridgehead atoms. The third kappa shape index (κ3) is 3.48. The number of hydrogen-bond acceptors (Lipinski definition) is 3. The molecule has 3 aliphatic rings. The van der Waals surface area contributed by atoms with E-state index in [-0.39, 0.29) is 5.91 Å². The molecular formula is C15H27N3O. The maximum Gasteiger partial charge on any atom is 0.220 e. The van der Waals surface area contributed by atoms with Crippen molar-refractivity contribution < 1.29 is 4.79 Å². The van der Waals surface area contributed by atoms with Gasteiger partial charge < -0.3 is 10.6 Å². The Labute approximate surface area is 116 Å². The Bertz CT molecular complexity index is 323. The van der Waals surface area contributed by atoms with Gasteiger partial charge in [0.25, 0.3) is 0 Å². The number of hydrogen-bond donors (Lipinski definition) is 2. The van der Waals surface area contributed by atoms with E-state index >= 15 is 0 Å². The molecule has 3 unspecified atom stereocenters. The lowest BCUT2D eigenvalue weighted by molar-refractivity contribution is -0.122. The summed E-state index contributed by atoms with van der Waals surface area (Å²) in [6, 6.07) is 1.21. The number of carbonyl (C=O) groups is 1. The summed E-state index contributed by atoms with van der Waals surface area (Å²) in [5.74, 6) is 1.59. The molecule has 3 rings (SSSR count). The van der Waals surface area contributed by atoms with Crippen molar-refractivity contribution in [2.24, 2.45) is 11.8 Å². The van der Waals surface area contributed by atoms with E-state index in [4.69, 9.17) is 0 Å². The molecule has 1 saturated carbocycles. The Morgan fingerprint density at radius 1 is 1.32 bits per heavy atom. The van der Waals surface area contributed by atoms with Gasteiger partial charge in [0.1, 0.15) is 0 Å². The van der Waals surface area contributed by atoms with Crippen LogP contribution in [0.15, 0.2) is 0 Å². The van der Waals surface area contributed by atoms with E-state index in [1.807, 2.05) is 0 Å². The van der Waals surface area contributed by atoms with Crippen LogP contribution in [0.2, 0.25) is 0 Å². The monoisotopic (exact) mass is 265 g/mol. The first-order valence-corrected chi connectivity index (χ1v) is 7.96. The van der Waals surface area contributed by atoms with Crippen molar-refractivity contribution in [1.82, 2.24) is 15.5 Å². The number of likely N-dealkylation sites (tertiary alicyclic amines) is 1. The maximum absolute atomic E-state index is 12.0. The van der Waals surface area contributed by atoms with Crippen LogP contribution in [0, 0.1) is 11.8 Å². The summed E-state index contributed by atoms with van der Waals surface area (Å²) in [7, 11) is 0. The molecule has 0 aromatic rings. The Morgan fingerprint density at radius 2 is 2.16 bits per heavy atom. The summed E-state index contributed by atoms with van der Waals surface area (Å²) in [5, 5.41) is 6.63. The minimum atomic E-state index is 0.265. The maximum atomic E-state index is 12.0. The molecule has 19 heavy (non-hydrogen) atoms. The van der Waals surface area contributed by atoms with Crippen LogP contribution in [0.25, 0.3) is 0 Å². The summed E-state index contributed by atoms with van der Waals surface area (Å²) in [6.07, 6.45) is 5.72. The van der Waals surface area contributed by atoms with E-state index in [0.717, 1.165) is 38.0 Å². The Hall–Kier alpha value is -0.610. The van der Waals surface area contributed by atoms with Gasteiger partial charge in [-0.05, 0) is 50.6 Å². The van der Waals surface area contributed by atoms with Crippen LogP contribution in [0.1, 0.15) is 39.0 Å². The molecule has 2 saturated heterocycles. The highest BCUT2D eigenvalue weighted by atomic mass is 16.1. The molecule has 3 fully saturated rings. The highest BCUT2D eigenvalue weighted by molar-refractivity contribution is 5.76. The first kappa shape index (κ1) is 13.4. The lowest BCUT2D eigenvalue weighted by atomic mass is 10.0. The zero-order valence-electron chi connectivity index (χ0n) is 12.0. The molecule has 0 aromatic heterocycles. The molecule has 0 spiro atoms. The minimum Gasteiger partial charge on any atom is -0.352 e. The van der Waals surface area contributed by atoms with E-state index in [1.165, 1.54) is 25.8 Å². The topological polar surface area (TPSA) is 44.4 Å². The van der Waals surface area contributed by atoms with Crippen molar-refractivity contribution in [3.05, 3.63) is 0 Å². The van der Waals surface area contributed by atoms with Crippen LogP contribution in [-0.4, -0.2) is 49.1 Å². The van der Waals surface area contributed by atoms with E-state index in [0.29, 0.717) is 18.4 Å². The molecule has 3 atom stereocenters. The van der Waals surface area contributed by atoms with E-state index in [2.05, 4.69) is 22.5 Å². The SMILES string of the molecule is CC1CN(C2CC2)CC1NC(=O)CCC1CCNC1. The van der Waals surface area contributed by atoms with Gasteiger partial charge in [-0.1, -0.05) is 6.92 Å². The highest BCUT2D eigenvalue weighted by Gasteiger charge is 2.38. The average molecular weight is 265 g/mol. The van der Waals surface area contributed by atoms with Crippen LogP contribution in [0.5, 0.6) is 0 Å². The first-order chi connectivity index (χ1) is 9.22. The van der Waals surface area contributed by atoms with Gasteiger partial charge in [0, 0.05) is 31.6 Å². The number of nitrogens with one attached hydrogen (secondary N) is 2. The largest absolute Gasteiger partial charge is 0.352 e. The average Bonchev–Trinajstić information content (AvgIpc) is 2.99. The summed E-state index contributed by atoms with van der Waals surface area (Å²) < 4.78 is 0. The fourth-order valence-electron chi connectivity index (χ4n) is 3.51. The molecular weight excluding hydrogens is 238 g/mol. The molecule has 2 N–H and O–H groups in total. The van der Waals surface area contributed by atoms with Gasteiger partial charge in [-0.15, -0.1) is 0 Å². The normalized spacial score (nSPS) is 35.7. The molecule has 1 aliphatic carbocycles. The van der Waals surface area contributed by atoms with Crippen molar-refractivity contribution >= 4 is 5.91 Å². The van der Waals surface area contributed by atoms with Crippen molar-refractivity contribution in [1.29, 1.82) is 0 Å². The first-order valence-electron chi connectivity index (χ1n) is 7.96. The third-order valence-corrected chi connectivity index (χ3v) is 4.99. The van der Waals surface area contributed by atoms with E-state index < -0.39 is 0 Å². The van der Waals surface area contributed by atoms with Crippen LogP contribution in [-0.2, 0) is 4.79 Å². The van der Waals surface area contributed by atoms with Gasteiger partial charge in [0.05, 0.1) is 0 Å². The number of amides is 1. The fourth-order valence-corrected chi connectivity index (χ4v) is 3.51. The number of carbonyl (C=O) groups excluding carboxylic acids is 1. The zero-order chi connectivity index (χ0) is 13.2. The summed E-state index contributed by atoms with van der Waals surface area (Å²) in [6.45, 7) is 6.74. The van der Waals surface area contributed by atoms with Crippen molar-refractivity contribution in [2.75, 3.05) is 26.2 Å². The summed E-state index contributed by atoms with van der Waals surface area (Å²) in [5.41, 5.74) is 0. The van der Waals surface area contributed by atoms with Gasteiger partial charge in [-0.2, -0.15) is 0 Å². The Balaban J connectivity index is 1.38. The molecule has 108 valence electrons. The molecule has 2 heterocycles. The number of nitrogens with zero attached hydrogens (tertiary/aromatic N) is 1. The Morgan fingerprint density at radius 3 is 2.84 bits per heavy atom. The minimum absolute atomic E-state index is 0.265. The second-order valence-corrected chi connectivity index (χ2v) is 6.73. The predicted octanol–water partition coefficient (Wildman–Crippen LogP) is 0.975. The summed E-state index contributed by atoms with van der Waals surface area (Å²) >= 11 is 0. The quantitative estimate of drug-likeness (QED) is 0.779. The van der Waals surface area contributed by atoms with Crippen LogP contribution in [0.4, 0.5) is 0 Å². The van der Waals surface area contributed by atoms with Crippen LogP contribution in [0.3, 0.4) is 0 Å². The van der Waals surface area contributed by atoms with E-state index in [9.17, 15) is 4.79 Å². The lowest BCUT2D eigenvalue weighted by Gasteiger charge is -2.17. The van der Waals surface area contributed by atoms with Crippen LogP contribution >= 0.6 is 0 Å². The highest BCUT2D eigenvalue weighted by Crippen LogP contribution is 2.31. The van der Waals surface area contributed by atoms with Crippen LogP contribution < -0.4 is 10.6 Å². The second kappa shape index (κ2) is 5.80. The molecule has 4 heteroatoms. The smallest absolute Gasteiger partial charge is 0.220 e. The van der Waals surface area contributed by atoms with Gasteiger partial charge in [-0.25, -0.2) is 0 Å². The van der Waals surface area contributed by atoms with Crippen molar-refractivity contribution in [3.63, 3.8) is 0 Å². The second-order valence-electron chi connectivity index (χ2n) is 6.73.